The summed E-state index contributed by atoms with van der Waals surface area (Å²) in [6, 6.07) is 12.4. The minimum atomic E-state index is -0.408. The molecule has 4 nitrogen and oxygen atoms in total. The van der Waals surface area contributed by atoms with Gasteiger partial charge in [-0.05, 0) is 24.1 Å². The number of phenolic OH excluding ortho intramolecular Hbond substituents is 2. The van der Waals surface area contributed by atoms with Crippen LogP contribution in [-0.4, -0.2) is 16.0 Å². The Labute approximate surface area is 133 Å². The van der Waals surface area contributed by atoms with Crippen LogP contribution in [0.2, 0.25) is 0 Å². The molecule has 2 N–H and O–H groups in total. The Hall–Kier alpha value is -2.75. The first kappa shape index (κ1) is 13.9. The first-order chi connectivity index (χ1) is 11.2. The lowest BCUT2D eigenvalue weighted by Crippen LogP contribution is -2.25. The number of ether oxygens (including phenoxy) is 1. The number of fused-ring (bicyclic) bond motifs is 1. The number of benzene rings is 2. The molecule has 1 aliphatic carbocycles. The molecular formula is C19H16O4. The molecule has 116 valence electrons. The topological polar surface area (TPSA) is 66.8 Å². The van der Waals surface area contributed by atoms with Crippen LogP contribution in [0, 0.1) is 0 Å². The molecule has 23 heavy (non-hydrogen) atoms. The van der Waals surface area contributed by atoms with Gasteiger partial charge < -0.3 is 14.9 Å². The summed E-state index contributed by atoms with van der Waals surface area (Å²) in [5, 5.41) is 20.5. The third kappa shape index (κ3) is 2.10. The minimum Gasteiger partial charge on any atom is -0.507 e. The predicted octanol–water partition coefficient (Wildman–Crippen LogP) is 3.63. The van der Waals surface area contributed by atoms with E-state index < -0.39 is 5.92 Å². The first-order valence-electron chi connectivity index (χ1n) is 7.70. The van der Waals surface area contributed by atoms with E-state index in [0.717, 1.165) is 12.0 Å². The summed E-state index contributed by atoms with van der Waals surface area (Å²) < 4.78 is 5.82. The number of hydrogen-bond acceptors (Lipinski definition) is 4. The SMILES string of the molecule is O=C1CCCC2=C1C(c1ccccc1)c1c(O)ccc(O)c1O2. The summed E-state index contributed by atoms with van der Waals surface area (Å²) in [5.41, 5.74) is 1.97. The van der Waals surface area contributed by atoms with Crippen LogP contribution < -0.4 is 4.74 Å². The van der Waals surface area contributed by atoms with E-state index in [0.29, 0.717) is 29.7 Å². The molecule has 4 heteroatoms. The van der Waals surface area contributed by atoms with Crippen molar-refractivity contribution in [2.75, 3.05) is 0 Å². The highest BCUT2D eigenvalue weighted by Gasteiger charge is 2.39. The number of phenols is 2. The lowest BCUT2D eigenvalue weighted by Gasteiger charge is -2.33. The fourth-order valence-electron chi connectivity index (χ4n) is 3.47. The van der Waals surface area contributed by atoms with Gasteiger partial charge in [0.1, 0.15) is 11.5 Å². The number of hydrogen-bond donors (Lipinski definition) is 2. The van der Waals surface area contributed by atoms with Gasteiger partial charge in [0.25, 0.3) is 0 Å². The van der Waals surface area contributed by atoms with E-state index in [4.69, 9.17) is 4.74 Å². The highest BCUT2D eigenvalue weighted by Crippen LogP contribution is 2.52. The van der Waals surface area contributed by atoms with Crippen LogP contribution in [0.15, 0.2) is 53.8 Å². The minimum absolute atomic E-state index is 0.0246. The standard InChI is InChI=1S/C19H16O4/c20-12-7-4-8-15-17(12)16(11-5-2-1-3-6-11)18-13(21)9-10-14(22)19(18)23-15/h1-3,5-6,9-10,16,21-22H,4,7-8H2. The number of aromatic hydroxyl groups is 2. The maximum atomic E-state index is 12.5. The fourth-order valence-corrected chi connectivity index (χ4v) is 3.47. The van der Waals surface area contributed by atoms with Crippen molar-refractivity contribution in [3.8, 4) is 17.2 Å². The molecule has 0 amide bonds. The molecule has 2 aliphatic rings. The van der Waals surface area contributed by atoms with Crippen molar-refractivity contribution in [1.82, 2.24) is 0 Å². The quantitative estimate of drug-likeness (QED) is 0.790. The molecule has 0 saturated heterocycles. The van der Waals surface area contributed by atoms with Gasteiger partial charge in [-0.1, -0.05) is 30.3 Å². The molecule has 0 radical (unpaired) electrons. The van der Waals surface area contributed by atoms with Gasteiger partial charge in [0.05, 0.1) is 5.56 Å². The normalized spacial score (nSPS) is 19.8. The van der Waals surface area contributed by atoms with Gasteiger partial charge in [0.15, 0.2) is 17.3 Å². The predicted molar refractivity (Wildman–Crippen MR) is 84.6 cm³/mol. The highest BCUT2D eigenvalue weighted by atomic mass is 16.5. The van der Waals surface area contributed by atoms with Crippen molar-refractivity contribution in [2.45, 2.75) is 25.2 Å². The zero-order chi connectivity index (χ0) is 16.0. The summed E-state index contributed by atoms with van der Waals surface area (Å²) >= 11 is 0. The van der Waals surface area contributed by atoms with Crippen LogP contribution in [0.3, 0.4) is 0 Å². The Morgan fingerprint density at radius 3 is 2.48 bits per heavy atom. The third-order valence-electron chi connectivity index (χ3n) is 4.50. The summed E-state index contributed by atoms with van der Waals surface area (Å²) in [6.45, 7) is 0. The fraction of sp³-hybridized carbons (Fsp3) is 0.211. The monoisotopic (exact) mass is 308 g/mol. The largest absolute Gasteiger partial charge is 0.507 e. The van der Waals surface area contributed by atoms with Gasteiger partial charge in [0, 0.05) is 24.3 Å². The van der Waals surface area contributed by atoms with Crippen molar-refractivity contribution >= 4 is 5.78 Å². The van der Waals surface area contributed by atoms with Gasteiger partial charge in [0.2, 0.25) is 0 Å². The van der Waals surface area contributed by atoms with Gasteiger partial charge in [-0.25, -0.2) is 0 Å². The second-order valence-electron chi connectivity index (χ2n) is 5.91. The summed E-state index contributed by atoms with van der Waals surface area (Å²) in [5.74, 6) is 0.513. The molecule has 2 aromatic rings. The number of carbonyl (C=O) groups excluding carboxylic acids is 1. The van der Waals surface area contributed by atoms with Crippen molar-refractivity contribution in [3.05, 3.63) is 64.9 Å². The lowest BCUT2D eigenvalue weighted by molar-refractivity contribution is -0.116. The molecule has 1 atom stereocenters. The van der Waals surface area contributed by atoms with E-state index in [2.05, 4.69) is 0 Å². The highest BCUT2D eigenvalue weighted by molar-refractivity contribution is 5.99. The van der Waals surface area contributed by atoms with Crippen molar-refractivity contribution in [3.63, 3.8) is 0 Å². The molecule has 4 rings (SSSR count). The molecular weight excluding hydrogens is 292 g/mol. The second-order valence-corrected chi connectivity index (χ2v) is 5.91. The molecule has 1 heterocycles. The summed E-state index contributed by atoms with van der Waals surface area (Å²) in [7, 11) is 0. The van der Waals surface area contributed by atoms with Crippen molar-refractivity contribution < 1.29 is 19.7 Å². The van der Waals surface area contributed by atoms with Crippen LogP contribution in [0.5, 0.6) is 17.2 Å². The molecule has 0 spiro atoms. The van der Waals surface area contributed by atoms with Gasteiger partial charge in [-0.3, -0.25) is 4.79 Å². The Morgan fingerprint density at radius 1 is 0.957 bits per heavy atom. The van der Waals surface area contributed by atoms with Crippen LogP contribution >= 0.6 is 0 Å². The molecule has 2 aromatic carbocycles. The van der Waals surface area contributed by atoms with E-state index in [9.17, 15) is 15.0 Å². The number of ketones is 1. The molecule has 1 aliphatic heterocycles. The summed E-state index contributed by atoms with van der Waals surface area (Å²) in [6.07, 6.45) is 1.90. The van der Waals surface area contributed by atoms with E-state index in [-0.39, 0.29) is 23.0 Å². The molecule has 0 aromatic heterocycles. The van der Waals surface area contributed by atoms with Gasteiger partial charge >= 0.3 is 0 Å². The first-order valence-corrected chi connectivity index (χ1v) is 7.70. The maximum absolute atomic E-state index is 12.5. The molecule has 0 fully saturated rings. The Morgan fingerprint density at radius 2 is 1.70 bits per heavy atom. The van der Waals surface area contributed by atoms with E-state index >= 15 is 0 Å². The smallest absolute Gasteiger partial charge is 0.176 e. The van der Waals surface area contributed by atoms with Crippen LogP contribution in [0.1, 0.15) is 36.3 Å². The Bertz CT molecular complexity index is 821. The maximum Gasteiger partial charge on any atom is 0.176 e. The average Bonchev–Trinajstić information content (AvgIpc) is 2.58. The zero-order valence-electron chi connectivity index (χ0n) is 12.5. The average molecular weight is 308 g/mol. The Balaban J connectivity index is 2.01. The lowest BCUT2D eigenvalue weighted by atomic mass is 9.76. The van der Waals surface area contributed by atoms with Crippen molar-refractivity contribution in [2.24, 2.45) is 0 Å². The van der Waals surface area contributed by atoms with E-state index in [1.54, 1.807) is 0 Å². The van der Waals surface area contributed by atoms with Crippen LogP contribution in [0.25, 0.3) is 0 Å². The van der Waals surface area contributed by atoms with Crippen molar-refractivity contribution in [1.29, 1.82) is 0 Å². The number of allylic oxidation sites excluding steroid dienone is 2. The summed E-state index contributed by atoms with van der Waals surface area (Å²) in [4.78, 5) is 12.5. The Kier molecular flexibility index (Phi) is 3.11. The molecule has 1 unspecified atom stereocenters. The van der Waals surface area contributed by atoms with E-state index in [1.807, 2.05) is 30.3 Å². The number of rotatable bonds is 1. The molecule has 0 saturated carbocycles. The molecule has 0 bridgehead atoms. The van der Waals surface area contributed by atoms with Crippen LogP contribution in [0.4, 0.5) is 0 Å². The number of Topliss-reactive ketones (excluding diaryl/α,β-unsaturated/α-hetero) is 1. The van der Waals surface area contributed by atoms with Gasteiger partial charge in [-0.15, -0.1) is 0 Å². The second kappa shape index (κ2) is 5.16. The van der Waals surface area contributed by atoms with Gasteiger partial charge in [-0.2, -0.15) is 0 Å². The third-order valence-corrected chi connectivity index (χ3v) is 4.50. The van der Waals surface area contributed by atoms with E-state index in [1.165, 1.54) is 12.1 Å². The van der Waals surface area contributed by atoms with Crippen LogP contribution in [-0.2, 0) is 4.79 Å². The number of carbonyl (C=O) groups is 1. The zero-order valence-corrected chi connectivity index (χ0v) is 12.5.